The summed E-state index contributed by atoms with van der Waals surface area (Å²) >= 11 is 0. The number of nitro groups is 1. The van der Waals surface area contributed by atoms with Crippen LogP contribution < -0.4 is 19.7 Å². The van der Waals surface area contributed by atoms with Crippen molar-refractivity contribution < 1.29 is 32.4 Å². The maximum atomic E-state index is 14.7. The Hall–Kier alpha value is -4.74. The van der Waals surface area contributed by atoms with Crippen LogP contribution in [-0.4, -0.2) is 43.6 Å². The van der Waals surface area contributed by atoms with Gasteiger partial charge in [-0.05, 0) is 30.7 Å². The molecule has 2 aromatic heterocycles. The molecule has 0 saturated carbocycles. The second kappa shape index (κ2) is 12.6. The minimum Gasteiger partial charge on any atom is -0.493 e. The molecule has 4 aromatic rings. The summed E-state index contributed by atoms with van der Waals surface area (Å²) < 4.78 is 44.7. The lowest BCUT2D eigenvalue weighted by Crippen LogP contribution is -2.18. The number of anilines is 2. The summed E-state index contributed by atoms with van der Waals surface area (Å²) in [5, 5.41) is 14.5. The third kappa shape index (κ3) is 6.37. The van der Waals surface area contributed by atoms with Crippen LogP contribution in [0.1, 0.15) is 48.0 Å². The summed E-state index contributed by atoms with van der Waals surface area (Å²) in [5.74, 6) is -3.99. The maximum Gasteiger partial charge on any atom is 0.291 e. The lowest BCUT2D eigenvalue weighted by atomic mass is 10.1. The first-order chi connectivity index (χ1) is 19.7. The van der Waals surface area contributed by atoms with E-state index in [0.717, 1.165) is 37.6 Å². The van der Waals surface area contributed by atoms with Gasteiger partial charge in [0.05, 0.1) is 25.3 Å². The number of halogens is 2. The second-order valence-corrected chi connectivity index (χ2v) is 9.44. The Bertz CT molecular complexity index is 1560. The molecule has 4 rings (SSSR count). The van der Waals surface area contributed by atoms with Gasteiger partial charge in [0.2, 0.25) is 0 Å². The number of pyridine rings is 1. The maximum absolute atomic E-state index is 14.7. The molecular formula is C29H30F2N4O6. The summed E-state index contributed by atoms with van der Waals surface area (Å²) in [6, 6.07) is 9.18. The van der Waals surface area contributed by atoms with E-state index in [1.54, 1.807) is 18.2 Å². The second-order valence-electron chi connectivity index (χ2n) is 9.44. The van der Waals surface area contributed by atoms with Crippen LogP contribution in [0.15, 0.2) is 47.0 Å². The van der Waals surface area contributed by atoms with Crippen LogP contribution >= 0.6 is 0 Å². The third-order valence-electron chi connectivity index (χ3n) is 6.67. The van der Waals surface area contributed by atoms with Gasteiger partial charge >= 0.3 is 0 Å². The molecule has 10 nitrogen and oxygen atoms in total. The van der Waals surface area contributed by atoms with Crippen molar-refractivity contribution in [3.05, 3.63) is 81.4 Å². The van der Waals surface area contributed by atoms with Crippen LogP contribution in [0.25, 0.3) is 11.0 Å². The lowest BCUT2D eigenvalue weighted by molar-refractivity contribution is -0.385. The number of amides is 1. The van der Waals surface area contributed by atoms with Gasteiger partial charge in [-0.3, -0.25) is 19.9 Å². The predicted molar refractivity (Wildman–Crippen MR) is 150 cm³/mol. The molecule has 0 aliphatic rings. The summed E-state index contributed by atoms with van der Waals surface area (Å²) in [6.07, 6.45) is 4.72. The van der Waals surface area contributed by atoms with E-state index in [1.165, 1.54) is 26.5 Å². The standard InChI is InChI=1S/C29H30F2N4O6/c1-5-6-7-10-34(2)20-9-8-17(21(14-20)35(37)38)11-19-12-18-13-24(41-25(18)16-32-19)29(36)33-28-26(30)22(39-3)15-23(40-4)27(28)31/h8-9,12-16H,5-7,10-11H2,1-4H3,(H,33,36). The molecule has 0 saturated heterocycles. The number of fused-ring (bicyclic) bond motifs is 1. The van der Waals surface area contributed by atoms with Gasteiger partial charge in [-0.15, -0.1) is 0 Å². The molecule has 0 aliphatic carbocycles. The van der Waals surface area contributed by atoms with Gasteiger partial charge in [-0.25, -0.2) is 8.78 Å². The first kappa shape index (κ1) is 29.2. The number of aromatic nitrogens is 1. The van der Waals surface area contributed by atoms with Crippen molar-refractivity contribution in [3.63, 3.8) is 0 Å². The highest BCUT2D eigenvalue weighted by molar-refractivity contribution is 6.05. The molecule has 0 atom stereocenters. The molecular weight excluding hydrogens is 538 g/mol. The van der Waals surface area contributed by atoms with Crippen LogP contribution in [0.5, 0.6) is 11.5 Å². The van der Waals surface area contributed by atoms with Crippen LogP contribution in [0.3, 0.4) is 0 Å². The number of unbranched alkanes of at least 4 members (excludes halogenated alkanes) is 2. The molecule has 0 unspecified atom stereocenters. The van der Waals surface area contributed by atoms with E-state index >= 15 is 0 Å². The van der Waals surface area contributed by atoms with Crippen LogP contribution in [0.2, 0.25) is 0 Å². The monoisotopic (exact) mass is 568 g/mol. The number of nitrogens with zero attached hydrogens (tertiary/aromatic N) is 3. The molecule has 0 bridgehead atoms. The van der Waals surface area contributed by atoms with E-state index in [9.17, 15) is 23.7 Å². The van der Waals surface area contributed by atoms with Gasteiger partial charge in [0, 0.05) is 54.5 Å². The Balaban J connectivity index is 1.56. The normalized spacial score (nSPS) is 11.0. The highest BCUT2D eigenvalue weighted by Crippen LogP contribution is 2.35. The SMILES string of the molecule is CCCCCN(C)c1ccc(Cc2cc3cc(C(=O)Nc4c(F)c(OC)cc(OC)c4F)oc3cn2)c([N+](=O)[O-])c1. The van der Waals surface area contributed by atoms with Crippen molar-refractivity contribution in [3.8, 4) is 11.5 Å². The highest BCUT2D eigenvalue weighted by Gasteiger charge is 2.24. The quantitative estimate of drug-likeness (QED) is 0.117. The Kier molecular flexibility index (Phi) is 9.00. The zero-order valence-electron chi connectivity index (χ0n) is 23.1. The largest absolute Gasteiger partial charge is 0.493 e. The number of carbonyl (C=O) groups is 1. The number of ether oxygens (including phenoxy) is 2. The molecule has 1 N–H and O–H groups in total. The minimum absolute atomic E-state index is 0.0169. The van der Waals surface area contributed by atoms with Gasteiger partial charge in [-0.1, -0.05) is 19.8 Å². The van der Waals surface area contributed by atoms with Gasteiger partial charge in [-0.2, -0.15) is 0 Å². The fourth-order valence-corrected chi connectivity index (χ4v) is 4.40. The summed E-state index contributed by atoms with van der Waals surface area (Å²) in [6.45, 7) is 2.91. The fraction of sp³-hybridized carbons (Fsp3) is 0.310. The number of hydrogen-bond acceptors (Lipinski definition) is 8. The number of carbonyl (C=O) groups excluding carboxylic acids is 1. The first-order valence-corrected chi connectivity index (χ1v) is 12.9. The summed E-state index contributed by atoms with van der Waals surface area (Å²) in [7, 11) is 4.30. The Labute approximate surface area is 235 Å². The third-order valence-corrected chi connectivity index (χ3v) is 6.67. The van der Waals surface area contributed by atoms with Crippen molar-refractivity contribution in [1.82, 2.24) is 4.98 Å². The average molecular weight is 569 g/mol. The van der Waals surface area contributed by atoms with E-state index in [-0.39, 0.29) is 35.0 Å². The van der Waals surface area contributed by atoms with Gasteiger partial charge < -0.3 is 24.1 Å². The Morgan fingerprint density at radius 1 is 1.10 bits per heavy atom. The number of nitro benzene ring substituents is 1. The highest BCUT2D eigenvalue weighted by atomic mass is 19.1. The number of methoxy groups -OCH3 is 2. The molecule has 0 spiro atoms. The molecule has 216 valence electrons. The van der Waals surface area contributed by atoms with E-state index in [1.807, 2.05) is 18.0 Å². The smallest absolute Gasteiger partial charge is 0.291 e. The summed E-state index contributed by atoms with van der Waals surface area (Å²) in [4.78, 5) is 30.6. The zero-order valence-corrected chi connectivity index (χ0v) is 23.1. The van der Waals surface area contributed by atoms with Crippen LogP contribution in [0.4, 0.5) is 25.8 Å². The topological polar surface area (TPSA) is 120 Å². The van der Waals surface area contributed by atoms with Crippen molar-refractivity contribution in [2.24, 2.45) is 0 Å². The van der Waals surface area contributed by atoms with Crippen molar-refractivity contribution in [2.45, 2.75) is 32.6 Å². The van der Waals surface area contributed by atoms with Crippen LogP contribution in [-0.2, 0) is 6.42 Å². The number of rotatable bonds is 12. The molecule has 2 aromatic carbocycles. The van der Waals surface area contributed by atoms with Crippen molar-refractivity contribution >= 4 is 33.9 Å². The van der Waals surface area contributed by atoms with Crippen molar-refractivity contribution in [2.75, 3.05) is 38.0 Å². The first-order valence-electron chi connectivity index (χ1n) is 12.9. The fourth-order valence-electron chi connectivity index (χ4n) is 4.40. The summed E-state index contributed by atoms with van der Waals surface area (Å²) in [5.41, 5.74) is 1.22. The number of nitrogens with one attached hydrogen (secondary N) is 1. The van der Waals surface area contributed by atoms with Crippen LogP contribution in [0, 0.1) is 21.7 Å². The number of benzene rings is 2. The lowest BCUT2D eigenvalue weighted by Gasteiger charge is -2.19. The van der Waals surface area contributed by atoms with Crippen molar-refractivity contribution in [1.29, 1.82) is 0 Å². The molecule has 0 radical (unpaired) electrons. The molecule has 41 heavy (non-hydrogen) atoms. The molecule has 0 aliphatic heterocycles. The van der Waals surface area contributed by atoms with Gasteiger partial charge in [0.25, 0.3) is 11.6 Å². The molecule has 12 heteroatoms. The molecule has 1 amide bonds. The predicted octanol–water partition coefficient (Wildman–Crippen LogP) is 6.50. The average Bonchev–Trinajstić information content (AvgIpc) is 3.39. The van der Waals surface area contributed by atoms with E-state index in [0.29, 0.717) is 16.6 Å². The number of hydrogen-bond donors (Lipinski definition) is 1. The Morgan fingerprint density at radius 2 is 1.80 bits per heavy atom. The van der Waals surface area contributed by atoms with Gasteiger partial charge in [0.1, 0.15) is 5.69 Å². The zero-order chi connectivity index (χ0) is 29.7. The van der Waals surface area contributed by atoms with E-state index in [4.69, 9.17) is 13.9 Å². The Morgan fingerprint density at radius 3 is 2.44 bits per heavy atom. The van der Waals surface area contributed by atoms with E-state index < -0.39 is 28.2 Å². The van der Waals surface area contributed by atoms with Gasteiger partial charge in [0.15, 0.2) is 34.5 Å². The molecule has 0 fully saturated rings. The molecule has 2 heterocycles. The van der Waals surface area contributed by atoms with E-state index in [2.05, 4.69) is 17.2 Å². The minimum atomic E-state index is -1.11. The number of furan rings is 1.